The fraction of sp³-hybridized carbons (Fsp3) is 0.200. The van der Waals surface area contributed by atoms with Crippen LogP contribution in [0.3, 0.4) is 0 Å². The minimum Gasteiger partial charge on any atom is -0.385 e. The van der Waals surface area contributed by atoms with Gasteiger partial charge in [-0.15, -0.1) is 0 Å². The van der Waals surface area contributed by atoms with Gasteiger partial charge in [-0.1, -0.05) is 41.6 Å². The van der Waals surface area contributed by atoms with Gasteiger partial charge in [-0.2, -0.15) is 0 Å². The third kappa shape index (κ3) is 4.91. The summed E-state index contributed by atoms with van der Waals surface area (Å²) < 4.78 is 4.96. The Morgan fingerprint density at radius 2 is 2.11 bits per heavy atom. The third-order valence-electron chi connectivity index (χ3n) is 3.94. The number of hydrogen-bond donors (Lipinski definition) is 2. The highest BCUT2D eigenvalue weighted by atomic mass is 35.5. The number of thioether (sulfide) groups is 1. The van der Waals surface area contributed by atoms with Crippen molar-refractivity contribution in [1.29, 1.82) is 0 Å². The van der Waals surface area contributed by atoms with E-state index in [2.05, 4.69) is 10.6 Å². The van der Waals surface area contributed by atoms with Crippen molar-refractivity contribution in [3.8, 4) is 0 Å². The molecule has 27 heavy (non-hydrogen) atoms. The smallest absolute Gasteiger partial charge is 0.262 e. The Kier molecular flexibility index (Phi) is 6.55. The van der Waals surface area contributed by atoms with E-state index in [0.717, 1.165) is 16.9 Å². The zero-order valence-electron chi connectivity index (χ0n) is 14.8. The number of methoxy groups -OCH3 is 1. The second-order valence-corrected chi connectivity index (χ2v) is 7.39. The minimum atomic E-state index is -0.218. The maximum absolute atomic E-state index is 12.4. The predicted octanol–water partition coefficient (Wildman–Crippen LogP) is 4.19. The largest absolute Gasteiger partial charge is 0.385 e. The lowest BCUT2D eigenvalue weighted by Gasteiger charge is -2.19. The molecule has 0 bridgehead atoms. The molecule has 2 amide bonds. The number of ether oxygens (including phenoxy) is 1. The molecule has 140 valence electrons. The molecule has 3 rings (SSSR count). The molecule has 0 aliphatic carbocycles. The Hall–Kier alpha value is -2.28. The summed E-state index contributed by atoms with van der Waals surface area (Å²) in [6.45, 7) is 1.13. The van der Waals surface area contributed by atoms with E-state index in [1.165, 1.54) is 11.8 Å². The van der Waals surface area contributed by atoms with Crippen molar-refractivity contribution in [2.24, 2.45) is 0 Å². The van der Waals surface area contributed by atoms with Crippen LogP contribution in [-0.2, 0) is 9.53 Å². The van der Waals surface area contributed by atoms with Crippen LogP contribution in [0.4, 0.5) is 5.69 Å². The number of benzene rings is 2. The Morgan fingerprint density at radius 1 is 1.30 bits per heavy atom. The highest BCUT2D eigenvalue weighted by molar-refractivity contribution is 8.04. The van der Waals surface area contributed by atoms with Crippen molar-refractivity contribution in [2.75, 3.05) is 25.6 Å². The first-order valence-corrected chi connectivity index (χ1v) is 9.64. The third-order valence-corrected chi connectivity index (χ3v) is 5.38. The Bertz CT molecular complexity index is 899. The van der Waals surface area contributed by atoms with Gasteiger partial charge >= 0.3 is 0 Å². The minimum absolute atomic E-state index is 0.175. The summed E-state index contributed by atoms with van der Waals surface area (Å²) in [5.74, 6) is -0.393. The van der Waals surface area contributed by atoms with Gasteiger partial charge in [0.05, 0.1) is 10.6 Å². The number of anilines is 1. The second-order valence-electron chi connectivity index (χ2n) is 5.90. The lowest BCUT2D eigenvalue weighted by Crippen LogP contribution is -2.25. The molecule has 0 fully saturated rings. The van der Waals surface area contributed by atoms with Gasteiger partial charge in [0.2, 0.25) is 0 Å². The first kappa shape index (κ1) is 19.5. The number of fused-ring (bicyclic) bond motifs is 1. The lowest BCUT2D eigenvalue weighted by atomic mass is 10.1. The number of amides is 2. The molecule has 2 N–H and O–H groups in total. The quantitative estimate of drug-likeness (QED) is 0.561. The number of rotatable bonds is 6. The normalized spacial score (nSPS) is 14.6. The molecule has 5 nitrogen and oxygen atoms in total. The standard InChI is InChI=1S/C20H19ClN2O3S/c1-26-10-4-9-22-19(24)14-7-8-17-16(11-14)23-20(25)18(27-17)12-13-5-2-3-6-15(13)21/h2-3,5-8,11-12H,4,9-10H2,1H3,(H,22,24)(H,23,25). The molecular weight excluding hydrogens is 384 g/mol. The number of carbonyl (C=O) groups excluding carboxylic acids is 2. The maximum atomic E-state index is 12.4. The van der Waals surface area contributed by atoms with Gasteiger partial charge in [0.15, 0.2) is 0 Å². The molecule has 0 atom stereocenters. The van der Waals surface area contributed by atoms with Crippen LogP contribution in [0.1, 0.15) is 22.3 Å². The molecule has 0 saturated carbocycles. The number of nitrogens with one attached hydrogen (secondary N) is 2. The van der Waals surface area contributed by atoms with Crippen molar-refractivity contribution in [3.05, 3.63) is 63.5 Å². The van der Waals surface area contributed by atoms with E-state index >= 15 is 0 Å². The van der Waals surface area contributed by atoms with E-state index < -0.39 is 0 Å². The number of hydrogen-bond acceptors (Lipinski definition) is 4. The molecule has 1 aliphatic rings. The van der Waals surface area contributed by atoms with Crippen LogP contribution in [0.25, 0.3) is 6.08 Å². The van der Waals surface area contributed by atoms with E-state index in [1.54, 1.807) is 31.4 Å². The molecule has 1 aliphatic heterocycles. The lowest BCUT2D eigenvalue weighted by molar-refractivity contribution is -0.112. The Balaban J connectivity index is 1.75. The first-order valence-electron chi connectivity index (χ1n) is 8.45. The Morgan fingerprint density at radius 3 is 2.89 bits per heavy atom. The van der Waals surface area contributed by atoms with Crippen molar-refractivity contribution < 1.29 is 14.3 Å². The van der Waals surface area contributed by atoms with Gasteiger partial charge in [0.25, 0.3) is 11.8 Å². The summed E-state index contributed by atoms with van der Waals surface area (Å²) >= 11 is 7.53. The predicted molar refractivity (Wildman–Crippen MR) is 109 cm³/mol. The SMILES string of the molecule is COCCCNC(=O)c1ccc2c(c1)NC(=O)C(=Cc1ccccc1Cl)S2. The maximum Gasteiger partial charge on any atom is 0.262 e. The van der Waals surface area contributed by atoms with Gasteiger partial charge in [0.1, 0.15) is 0 Å². The van der Waals surface area contributed by atoms with Gasteiger partial charge < -0.3 is 15.4 Å². The zero-order chi connectivity index (χ0) is 19.2. The zero-order valence-corrected chi connectivity index (χ0v) is 16.3. The first-order chi connectivity index (χ1) is 13.1. The van der Waals surface area contributed by atoms with Crippen molar-refractivity contribution in [1.82, 2.24) is 5.32 Å². The molecule has 0 radical (unpaired) electrons. The van der Waals surface area contributed by atoms with Crippen LogP contribution >= 0.6 is 23.4 Å². The molecule has 0 aromatic heterocycles. The molecule has 2 aromatic rings. The van der Waals surface area contributed by atoms with Crippen molar-refractivity contribution in [3.63, 3.8) is 0 Å². The van der Waals surface area contributed by atoms with Crippen LogP contribution in [0.2, 0.25) is 5.02 Å². The van der Waals surface area contributed by atoms with Crippen LogP contribution in [0.15, 0.2) is 52.3 Å². The molecule has 2 aromatic carbocycles. The van der Waals surface area contributed by atoms with Crippen LogP contribution in [0.5, 0.6) is 0 Å². The van der Waals surface area contributed by atoms with E-state index in [0.29, 0.717) is 34.3 Å². The van der Waals surface area contributed by atoms with Gasteiger partial charge in [0, 0.05) is 35.7 Å². The molecular formula is C20H19ClN2O3S. The Labute approximate surface area is 167 Å². The number of halogens is 1. The molecule has 1 heterocycles. The van der Waals surface area contributed by atoms with Gasteiger partial charge in [-0.3, -0.25) is 9.59 Å². The summed E-state index contributed by atoms with van der Waals surface area (Å²) in [6.07, 6.45) is 2.51. The monoisotopic (exact) mass is 402 g/mol. The van der Waals surface area contributed by atoms with E-state index in [1.807, 2.05) is 24.3 Å². The average Bonchev–Trinajstić information content (AvgIpc) is 2.67. The molecule has 0 unspecified atom stereocenters. The topological polar surface area (TPSA) is 67.4 Å². The van der Waals surface area contributed by atoms with E-state index in [4.69, 9.17) is 16.3 Å². The molecule has 0 spiro atoms. The van der Waals surface area contributed by atoms with Crippen molar-refractivity contribution >= 4 is 46.9 Å². The van der Waals surface area contributed by atoms with E-state index in [9.17, 15) is 9.59 Å². The van der Waals surface area contributed by atoms with Gasteiger partial charge in [-0.05, 0) is 42.3 Å². The van der Waals surface area contributed by atoms with Crippen LogP contribution < -0.4 is 10.6 Å². The fourth-order valence-corrected chi connectivity index (χ4v) is 3.67. The van der Waals surface area contributed by atoms with Crippen molar-refractivity contribution in [2.45, 2.75) is 11.3 Å². The summed E-state index contributed by atoms with van der Waals surface area (Å²) in [5.41, 5.74) is 1.92. The molecule has 0 saturated heterocycles. The van der Waals surface area contributed by atoms with Gasteiger partial charge in [-0.25, -0.2) is 0 Å². The highest BCUT2D eigenvalue weighted by Gasteiger charge is 2.22. The van der Waals surface area contributed by atoms with E-state index in [-0.39, 0.29) is 11.8 Å². The summed E-state index contributed by atoms with van der Waals surface area (Å²) in [5, 5.41) is 6.27. The number of carbonyl (C=O) groups is 2. The molecule has 7 heteroatoms. The summed E-state index contributed by atoms with van der Waals surface area (Å²) in [7, 11) is 1.63. The second kappa shape index (κ2) is 9.08. The fourth-order valence-electron chi connectivity index (χ4n) is 2.56. The average molecular weight is 403 g/mol. The van der Waals surface area contributed by atoms with Crippen LogP contribution in [-0.4, -0.2) is 32.1 Å². The highest BCUT2D eigenvalue weighted by Crippen LogP contribution is 2.39. The summed E-state index contributed by atoms with van der Waals surface area (Å²) in [4.78, 5) is 26.1. The summed E-state index contributed by atoms with van der Waals surface area (Å²) in [6, 6.07) is 12.6. The van der Waals surface area contributed by atoms with Crippen LogP contribution in [0, 0.1) is 0 Å².